The summed E-state index contributed by atoms with van der Waals surface area (Å²) in [5.41, 5.74) is 0.795. The fourth-order valence-electron chi connectivity index (χ4n) is 4.50. The van der Waals surface area contributed by atoms with E-state index in [1.807, 2.05) is 0 Å². The van der Waals surface area contributed by atoms with Gasteiger partial charge in [0.15, 0.2) is 18.0 Å². The van der Waals surface area contributed by atoms with Gasteiger partial charge in [-0.2, -0.15) is 0 Å². The Hall–Kier alpha value is -2.80. The van der Waals surface area contributed by atoms with E-state index in [0.717, 1.165) is 0 Å². The van der Waals surface area contributed by atoms with Crippen LogP contribution in [0.15, 0.2) is 72.8 Å². The Bertz CT molecular complexity index is 1300. The molecule has 0 aliphatic carbocycles. The van der Waals surface area contributed by atoms with Crippen molar-refractivity contribution in [2.75, 3.05) is 0 Å². The van der Waals surface area contributed by atoms with Crippen LogP contribution in [-0.2, 0) is 19.9 Å². The fourth-order valence-corrected chi connectivity index (χ4v) is 4.50. The number of benzene rings is 3. The molecule has 2 aliphatic rings. The summed E-state index contributed by atoms with van der Waals surface area (Å²) in [7, 11) is 0. The predicted molar refractivity (Wildman–Crippen MR) is 122 cm³/mol. The molecule has 2 heterocycles. The normalized spacial score (nSPS) is 28.5. The second-order valence-electron chi connectivity index (χ2n) is 8.53. The monoisotopic (exact) mass is 518 g/mol. The van der Waals surface area contributed by atoms with Crippen LogP contribution in [0.4, 0.5) is 0 Å². The Kier molecular flexibility index (Phi) is 7.75. The second-order valence-corrected chi connectivity index (χ2v) is 8.53. The van der Waals surface area contributed by atoms with Gasteiger partial charge in [0.1, 0.15) is 29.8 Å². The molecule has 6 atom stereocenters. The van der Waals surface area contributed by atoms with Gasteiger partial charge in [0.2, 0.25) is 0 Å². The Morgan fingerprint density at radius 1 is 0.838 bits per heavy atom. The van der Waals surface area contributed by atoms with Crippen LogP contribution >= 0.6 is 0 Å². The number of hydrogen-bond donors (Lipinski definition) is 5. The summed E-state index contributed by atoms with van der Waals surface area (Å²) < 4.78 is 16.1. The Balaban J connectivity index is 0.00000200. The van der Waals surface area contributed by atoms with Gasteiger partial charge in [0, 0.05) is 16.7 Å². The van der Waals surface area contributed by atoms with Crippen LogP contribution in [-0.4, -0.2) is 68.2 Å². The number of carbonyl (C=O) groups is 2. The zero-order valence-electron chi connectivity index (χ0n) is 20.6. The van der Waals surface area contributed by atoms with E-state index in [0.29, 0.717) is 22.3 Å². The van der Waals surface area contributed by atoms with Crippen molar-refractivity contribution in [2.45, 2.75) is 36.3 Å². The standard InChI is InChI=1S/C26H22O10.Na.H/c27-15-9-5-13(6-10-15)26(18-4-2-1-3-17(18)23(31)36-26)14-7-11-16(12-8-14)34-25(33)22-20(29)19(28)21(30)24(32)35-22;;/h1-12,19-22,24,27-30,32H;;/q;+1;-1/t19-,20-,21+,22-,24+,26?;;/m0../s1. The van der Waals surface area contributed by atoms with E-state index in [-0.39, 0.29) is 42.5 Å². The van der Waals surface area contributed by atoms with E-state index >= 15 is 0 Å². The third-order valence-corrected chi connectivity index (χ3v) is 6.35. The summed E-state index contributed by atoms with van der Waals surface area (Å²) in [6, 6.07) is 19.3. The molecule has 1 fully saturated rings. The average Bonchev–Trinajstić information content (AvgIpc) is 3.19. The van der Waals surface area contributed by atoms with Crippen molar-refractivity contribution in [1.82, 2.24) is 0 Å². The van der Waals surface area contributed by atoms with Gasteiger partial charge in [0.05, 0.1) is 5.56 Å². The van der Waals surface area contributed by atoms with E-state index < -0.39 is 48.2 Å². The predicted octanol–water partition coefficient (Wildman–Crippen LogP) is -2.32. The van der Waals surface area contributed by atoms with E-state index in [1.165, 1.54) is 24.3 Å². The van der Waals surface area contributed by atoms with Gasteiger partial charge in [-0.05, 0) is 30.3 Å². The largest absolute Gasteiger partial charge is 1.00 e. The summed E-state index contributed by atoms with van der Waals surface area (Å²) in [5.74, 6) is -1.51. The minimum atomic E-state index is -1.88. The van der Waals surface area contributed by atoms with Crippen molar-refractivity contribution in [3.8, 4) is 11.5 Å². The number of aliphatic hydroxyl groups is 4. The first-order valence-corrected chi connectivity index (χ1v) is 11.0. The molecule has 3 aromatic rings. The molecule has 37 heavy (non-hydrogen) atoms. The molecule has 0 saturated carbocycles. The zero-order chi connectivity index (χ0) is 25.6. The fraction of sp³-hybridized carbons (Fsp3) is 0.231. The second kappa shape index (κ2) is 10.5. The summed E-state index contributed by atoms with van der Waals surface area (Å²) in [5, 5.41) is 48.9. The minimum absolute atomic E-state index is 0. The molecule has 10 nitrogen and oxygen atoms in total. The van der Waals surface area contributed by atoms with Gasteiger partial charge in [-0.1, -0.05) is 42.5 Å². The maximum absolute atomic E-state index is 12.8. The number of fused-ring (bicyclic) bond motifs is 1. The van der Waals surface area contributed by atoms with E-state index in [9.17, 15) is 35.1 Å². The topological polar surface area (TPSA) is 163 Å². The number of aromatic hydroxyl groups is 1. The molecular formula is C26H23NaO10. The molecule has 0 amide bonds. The van der Waals surface area contributed by atoms with E-state index in [2.05, 4.69) is 0 Å². The van der Waals surface area contributed by atoms with Gasteiger partial charge in [0.25, 0.3) is 0 Å². The van der Waals surface area contributed by atoms with Gasteiger partial charge in [-0.15, -0.1) is 0 Å². The quantitative estimate of drug-likeness (QED) is 0.144. The molecule has 0 aromatic heterocycles. The van der Waals surface area contributed by atoms with Gasteiger partial charge < -0.3 is 41.2 Å². The Labute approximate surface area is 234 Å². The van der Waals surface area contributed by atoms with Gasteiger partial charge in [-0.25, -0.2) is 9.59 Å². The van der Waals surface area contributed by atoms with Crippen LogP contribution in [0.25, 0.3) is 0 Å². The molecule has 1 unspecified atom stereocenters. The smallest absolute Gasteiger partial charge is 1.00 e. The van der Waals surface area contributed by atoms with Gasteiger partial charge in [-0.3, -0.25) is 0 Å². The summed E-state index contributed by atoms with van der Waals surface area (Å²) in [6.45, 7) is 0. The number of hydrogen-bond acceptors (Lipinski definition) is 10. The zero-order valence-corrected chi connectivity index (χ0v) is 21.6. The number of ether oxygens (including phenoxy) is 3. The van der Waals surface area contributed by atoms with Crippen molar-refractivity contribution >= 4 is 11.9 Å². The molecule has 0 spiro atoms. The molecule has 188 valence electrons. The van der Waals surface area contributed by atoms with Gasteiger partial charge >= 0.3 is 41.5 Å². The van der Waals surface area contributed by atoms with E-state index in [1.54, 1.807) is 48.5 Å². The molecule has 3 aromatic carbocycles. The third-order valence-electron chi connectivity index (χ3n) is 6.35. The average molecular weight is 518 g/mol. The first-order chi connectivity index (χ1) is 17.2. The number of esters is 2. The van der Waals surface area contributed by atoms with Crippen molar-refractivity contribution < 1.29 is 80.3 Å². The van der Waals surface area contributed by atoms with Crippen LogP contribution in [0, 0.1) is 0 Å². The molecule has 11 heteroatoms. The summed E-state index contributed by atoms with van der Waals surface area (Å²) in [4.78, 5) is 25.3. The number of carbonyl (C=O) groups excluding carboxylic acids is 2. The third kappa shape index (κ3) is 4.67. The summed E-state index contributed by atoms with van der Waals surface area (Å²) >= 11 is 0. The molecule has 5 rings (SSSR count). The number of phenolic OH excluding ortho intramolecular Hbond substituents is 1. The molecule has 0 bridgehead atoms. The Morgan fingerprint density at radius 2 is 1.43 bits per heavy atom. The van der Waals surface area contributed by atoms with Crippen LogP contribution in [0.1, 0.15) is 28.5 Å². The van der Waals surface area contributed by atoms with Crippen molar-refractivity contribution in [3.63, 3.8) is 0 Å². The minimum Gasteiger partial charge on any atom is -1.00 e. The number of cyclic esters (lactones) is 1. The van der Waals surface area contributed by atoms with Crippen molar-refractivity contribution in [2.24, 2.45) is 0 Å². The number of phenols is 1. The molecule has 0 radical (unpaired) electrons. The number of rotatable bonds is 4. The summed E-state index contributed by atoms with van der Waals surface area (Å²) in [6.07, 6.45) is -9.02. The maximum Gasteiger partial charge on any atom is 1.00 e. The molecular weight excluding hydrogens is 495 g/mol. The molecule has 2 aliphatic heterocycles. The SMILES string of the molecule is O=C1OC(c2ccc(O)cc2)(c2ccc(OC(=O)[C@H]3O[C@@H](O)[C@H](O)[C@@H](O)[C@@H]3O)cc2)c2ccccc21.[H-].[Na+]. The van der Waals surface area contributed by atoms with Crippen molar-refractivity contribution in [3.05, 3.63) is 95.1 Å². The Morgan fingerprint density at radius 3 is 2.08 bits per heavy atom. The van der Waals surface area contributed by atoms with Crippen molar-refractivity contribution in [1.29, 1.82) is 0 Å². The molecule has 5 N–H and O–H groups in total. The van der Waals surface area contributed by atoms with Crippen LogP contribution in [0.5, 0.6) is 11.5 Å². The number of aliphatic hydroxyl groups excluding tert-OH is 4. The molecule has 1 saturated heterocycles. The first-order valence-electron chi connectivity index (χ1n) is 11.0. The van der Waals surface area contributed by atoms with Crippen LogP contribution < -0.4 is 34.3 Å². The van der Waals surface area contributed by atoms with Crippen LogP contribution in [0.3, 0.4) is 0 Å². The first kappa shape index (κ1) is 27.2. The van der Waals surface area contributed by atoms with E-state index in [4.69, 9.17) is 14.2 Å². The van der Waals surface area contributed by atoms with Crippen LogP contribution in [0.2, 0.25) is 0 Å². The maximum atomic E-state index is 12.8.